The number of nitrogens with zero attached hydrogens (tertiary/aromatic N) is 1. The Morgan fingerprint density at radius 1 is 1.31 bits per heavy atom. The van der Waals surface area contributed by atoms with Crippen LogP contribution in [-0.2, 0) is 0 Å². The fraction of sp³-hybridized carbons (Fsp3) is 0.364. The SMILES string of the molecule is NCCCCC#Cc1ccccn1. The molecule has 0 radical (unpaired) electrons. The highest BCUT2D eigenvalue weighted by Crippen LogP contribution is 1.93. The topological polar surface area (TPSA) is 38.9 Å². The summed E-state index contributed by atoms with van der Waals surface area (Å²) in [5, 5.41) is 0. The third kappa shape index (κ3) is 4.29. The molecule has 0 aliphatic heterocycles. The van der Waals surface area contributed by atoms with Crippen LogP contribution in [0.4, 0.5) is 0 Å². The van der Waals surface area contributed by atoms with Crippen LogP contribution in [0.25, 0.3) is 0 Å². The van der Waals surface area contributed by atoms with Gasteiger partial charge in [-0.15, -0.1) is 0 Å². The number of rotatable bonds is 3. The lowest BCUT2D eigenvalue weighted by molar-refractivity contribution is 0.767. The lowest BCUT2D eigenvalue weighted by atomic mass is 10.2. The van der Waals surface area contributed by atoms with E-state index in [-0.39, 0.29) is 0 Å². The minimum absolute atomic E-state index is 0.755. The molecule has 0 aliphatic carbocycles. The van der Waals surface area contributed by atoms with E-state index in [0.29, 0.717) is 0 Å². The molecule has 0 aromatic carbocycles. The van der Waals surface area contributed by atoms with E-state index in [1.165, 1.54) is 0 Å². The molecule has 2 nitrogen and oxygen atoms in total. The summed E-state index contributed by atoms with van der Waals surface area (Å²) in [7, 11) is 0. The molecule has 0 fully saturated rings. The number of hydrogen-bond acceptors (Lipinski definition) is 2. The van der Waals surface area contributed by atoms with Gasteiger partial charge in [-0.25, -0.2) is 4.98 Å². The average Bonchev–Trinajstić information content (AvgIpc) is 2.19. The Labute approximate surface area is 79.2 Å². The molecule has 1 rings (SSSR count). The molecule has 13 heavy (non-hydrogen) atoms. The maximum atomic E-state index is 5.36. The fourth-order valence-corrected chi connectivity index (χ4v) is 0.947. The highest BCUT2D eigenvalue weighted by molar-refractivity contribution is 5.26. The molecule has 68 valence electrons. The Balaban J connectivity index is 2.31. The van der Waals surface area contributed by atoms with Crippen LogP contribution in [-0.4, -0.2) is 11.5 Å². The van der Waals surface area contributed by atoms with Gasteiger partial charge in [-0.1, -0.05) is 12.0 Å². The molecular formula is C11H14N2. The van der Waals surface area contributed by atoms with Crippen LogP contribution in [0.5, 0.6) is 0 Å². The van der Waals surface area contributed by atoms with Crippen LogP contribution >= 0.6 is 0 Å². The highest BCUT2D eigenvalue weighted by Gasteiger charge is 1.83. The van der Waals surface area contributed by atoms with E-state index < -0.39 is 0 Å². The zero-order valence-corrected chi connectivity index (χ0v) is 7.66. The van der Waals surface area contributed by atoms with Crippen LogP contribution in [0, 0.1) is 11.8 Å². The van der Waals surface area contributed by atoms with Gasteiger partial charge >= 0.3 is 0 Å². The van der Waals surface area contributed by atoms with Crippen molar-refractivity contribution in [3.8, 4) is 11.8 Å². The van der Waals surface area contributed by atoms with Gasteiger partial charge in [-0.3, -0.25) is 0 Å². The maximum Gasteiger partial charge on any atom is 0.113 e. The minimum Gasteiger partial charge on any atom is -0.330 e. The lowest BCUT2D eigenvalue weighted by Crippen LogP contribution is -1.96. The first-order chi connectivity index (χ1) is 6.43. The molecule has 1 aromatic heterocycles. The van der Waals surface area contributed by atoms with E-state index in [1.807, 2.05) is 18.2 Å². The van der Waals surface area contributed by atoms with Crippen molar-refractivity contribution in [3.05, 3.63) is 30.1 Å². The molecule has 0 saturated heterocycles. The first kappa shape index (κ1) is 9.76. The van der Waals surface area contributed by atoms with Crippen molar-refractivity contribution in [2.45, 2.75) is 19.3 Å². The van der Waals surface area contributed by atoms with Gasteiger partial charge in [0.1, 0.15) is 5.69 Å². The van der Waals surface area contributed by atoms with Crippen LogP contribution in [0.2, 0.25) is 0 Å². The van der Waals surface area contributed by atoms with Gasteiger partial charge in [0.2, 0.25) is 0 Å². The zero-order valence-electron chi connectivity index (χ0n) is 7.66. The van der Waals surface area contributed by atoms with Crippen molar-refractivity contribution in [3.63, 3.8) is 0 Å². The molecule has 0 amide bonds. The quantitative estimate of drug-likeness (QED) is 0.558. The Morgan fingerprint density at radius 3 is 2.92 bits per heavy atom. The molecule has 2 N–H and O–H groups in total. The molecule has 0 atom stereocenters. The Hall–Kier alpha value is -1.33. The van der Waals surface area contributed by atoms with E-state index in [2.05, 4.69) is 16.8 Å². The zero-order chi connectivity index (χ0) is 9.36. The minimum atomic E-state index is 0.755. The van der Waals surface area contributed by atoms with Gasteiger partial charge < -0.3 is 5.73 Å². The summed E-state index contributed by atoms with van der Waals surface area (Å²) in [6.07, 6.45) is 4.80. The number of aromatic nitrogens is 1. The first-order valence-electron chi connectivity index (χ1n) is 4.53. The molecule has 0 unspecified atom stereocenters. The van der Waals surface area contributed by atoms with Crippen LogP contribution in [0.15, 0.2) is 24.4 Å². The summed E-state index contributed by atoms with van der Waals surface area (Å²) in [6, 6.07) is 5.74. The van der Waals surface area contributed by atoms with Crippen LogP contribution in [0.1, 0.15) is 25.0 Å². The number of pyridine rings is 1. The summed E-state index contributed by atoms with van der Waals surface area (Å²) in [5.41, 5.74) is 6.20. The monoisotopic (exact) mass is 174 g/mol. The summed E-state index contributed by atoms with van der Waals surface area (Å²) in [4.78, 5) is 4.10. The van der Waals surface area contributed by atoms with Crippen molar-refractivity contribution >= 4 is 0 Å². The van der Waals surface area contributed by atoms with E-state index in [0.717, 1.165) is 31.5 Å². The molecule has 0 spiro atoms. The summed E-state index contributed by atoms with van der Waals surface area (Å²) < 4.78 is 0. The average molecular weight is 174 g/mol. The molecule has 1 aromatic rings. The molecule has 1 heterocycles. The summed E-state index contributed by atoms with van der Waals surface area (Å²) >= 11 is 0. The molecule has 0 bridgehead atoms. The maximum absolute atomic E-state index is 5.36. The predicted octanol–water partition coefficient (Wildman–Crippen LogP) is 1.56. The summed E-state index contributed by atoms with van der Waals surface area (Å²) in [5.74, 6) is 6.07. The van der Waals surface area contributed by atoms with Gasteiger partial charge in [0.25, 0.3) is 0 Å². The fourth-order valence-electron chi connectivity index (χ4n) is 0.947. The van der Waals surface area contributed by atoms with Gasteiger partial charge in [-0.05, 0) is 37.4 Å². The van der Waals surface area contributed by atoms with Crippen molar-refractivity contribution < 1.29 is 0 Å². The second kappa shape index (κ2) is 6.22. The highest BCUT2D eigenvalue weighted by atomic mass is 14.6. The van der Waals surface area contributed by atoms with Crippen LogP contribution in [0.3, 0.4) is 0 Å². The Morgan fingerprint density at radius 2 is 2.23 bits per heavy atom. The lowest BCUT2D eigenvalue weighted by Gasteiger charge is -1.89. The predicted molar refractivity (Wildman–Crippen MR) is 54.0 cm³/mol. The van der Waals surface area contributed by atoms with Crippen LogP contribution < -0.4 is 5.73 Å². The van der Waals surface area contributed by atoms with Gasteiger partial charge in [-0.2, -0.15) is 0 Å². The second-order valence-corrected chi connectivity index (χ2v) is 2.76. The molecule has 2 heteroatoms. The number of hydrogen-bond donors (Lipinski definition) is 1. The number of nitrogens with two attached hydrogens (primary N) is 1. The first-order valence-corrected chi connectivity index (χ1v) is 4.53. The molecule has 0 saturated carbocycles. The molecular weight excluding hydrogens is 160 g/mol. The Bertz CT molecular complexity index is 282. The third-order valence-corrected chi connectivity index (χ3v) is 1.64. The van der Waals surface area contributed by atoms with Crippen molar-refractivity contribution in [2.24, 2.45) is 5.73 Å². The smallest absolute Gasteiger partial charge is 0.113 e. The standard InChI is InChI=1S/C11H14N2/c12-9-5-2-1-3-7-11-8-4-6-10-13-11/h4,6,8,10H,1-2,5,9,12H2. The largest absolute Gasteiger partial charge is 0.330 e. The Kier molecular flexibility index (Phi) is 4.66. The van der Waals surface area contributed by atoms with Gasteiger partial charge in [0.05, 0.1) is 0 Å². The molecule has 0 aliphatic rings. The van der Waals surface area contributed by atoms with Gasteiger partial charge in [0.15, 0.2) is 0 Å². The third-order valence-electron chi connectivity index (χ3n) is 1.64. The second-order valence-electron chi connectivity index (χ2n) is 2.76. The summed E-state index contributed by atoms with van der Waals surface area (Å²) in [6.45, 7) is 0.755. The van der Waals surface area contributed by atoms with E-state index in [9.17, 15) is 0 Å². The number of unbranched alkanes of at least 4 members (excludes halogenated alkanes) is 2. The van der Waals surface area contributed by atoms with Crippen molar-refractivity contribution in [1.29, 1.82) is 0 Å². The normalized spacial score (nSPS) is 9.00. The van der Waals surface area contributed by atoms with Gasteiger partial charge in [0, 0.05) is 12.6 Å². The van der Waals surface area contributed by atoms with E-state index >= 15 is 0 Å². The van der Waals surface area contributed by atoms with Crippen molar-refractivity contribution in [2.75, 3.05) is 6.54 Å². The van der Waals surface area contributed by atoms with E-state index in [4.69, 9.17) is 5.73 Å². The van der Waals surface area contributed by atoms with Crippen molar-refractivity contribution in [1.82, 2.24) is 4.98 Å². The van der Waals surface area contributed by atoms with E-state index in [1.54, 1.807) is 6.20 Å².